The fraction of sp³-hybridized carbons (Fsp3) is 0.125. The maximum absolute atomic E-state index is 13.9. The Balaban J connectivity index is 2.58. The highest BCUT2D eigenvalue weighted by Gasteiger charge is 2.21. The van der Waals surface area contributed by atoms with E-state index in [4.69, 9.17) is 0 Å². The van der Waals surface area contributed by atoms with E-state index in [1.165, 1.54) is 0 Å². The van der Waals surface area contributed by atoms with Crippen molar-refractivity contribution in [1.82, 2.24) is 20.6 Å². The third-order valence-corrected chi connectivity index (χ3v) is 2.06. The van der Waals surface area contributed by atoms with Gasteiger partial charge in [0, 0.05) is 0 Å². The Morgan fingerprint density at radius 1 is 1.35 bits per heavy atom. The molecule has 0 saturated heterocycles. The Hall–Kier alpha value is -2.32. The molecule has 0 bridgehead atoms. The number of anilines is 1. The van der Waals surface area contributed by atoms with Crippen molar-refractivity contribution in [2.75, 3.05) is 12.5 Å². The molecule has 0 fully saturated rings. The quantitative estimate of drug-likeness (QED) is 0.832. The molecule has 2 rings (SSSR count). The average Bonchev–Trinajstić information content (AvgIpc) is 2.81. The molecule has 0 radical (unpaired) electrons. The predicted molar refractivity (Wildman–Crippen MR) is 50.8 cm³/mol. The first kappa shape index (κ1) is 11.2. The number of benzene rings is 1. The number of rotatable bonds is 3. The van der Waals surface area contributed by atoms with Crippen LogP contribution in [0.15, 0.2) is 12.1 Å². The predicted octanol–water partition coefficient (Wildman–Crippen LogP) is 1.59. The summed E-state index contributed by atoms with van der Waals surface area (Å²) < 4.78 is 43.3. The summed E-state index contributed by atoms with van der Waals surface area (Å²) in [5, 5.41) is 11.1. The van der Waals surface area contributed by atoms with Crippen LogP contribution in [-0.2, 0) is 0 Å². The van der Waals surface area contributed by atoms with Crippen LogP contribution in [0.25, 0.3) is 11.4 Å². The number of ether oxygens (including phenoxy) is 1. The van der Waals surface area contributed by atoms with E-state index >= 15 is 0 Å². The van der Waals surface area contributed by atoms with Crippen molar-refractivity contribution in [2.24, 2.45) is 0 Å². The Bertz CT molecular complexity index is 516. The molecule has 0 aliphatic heterocycles. The lowest BCUT2D eigenvalue weighted by molar-refractivity contribution is 0.229. The summed E-state index contributed by atoms with van der Waals surface area (Å²) in [5.41, 5.74) is -0.737. The van der Waals surface area contributed by atoms with E-state index in [1.54, 1.807) is 0 Å². The molecule has 90 valence electrons. The van der Waals surface area contributed by atoms with Crippen molar-refractivity contribution in [2.45, 2.75) is 0 Å². The zero-order valence-corrected chi connectivity index (χ0v) is 8.49. The van der Waals surface area contributed by atoms with Crippen LogP contribution in [0.5, 0.6) is 5.75 Å². The largest absolute Gasteiger partial charge is 0.491 e. The fourth-order valence-electron chi connectivity index (χ4n) is 1.33. The molecule has 9 heteroatoms. The van der Waals surface area contributed by atoms with Crippen LogP contribution in [0.1, 0.15) is 0 Å². The molecule has 1 aromatic carbocycles. The lowest BCUT2D eigenvalue weighted by atomic mass is 10.1. The highest BCUT2D eigenvalue weighted by Crippen LogP contribution is 2.36. The number of hydrogen-bond acceptors (Lipinski definition) is 5. The number of aromatic nitrogens is 4. The third kappa shape index (κ3) is 1.86. The van der Waals surface area contributed by atoms with Gasteiger partial charge in [-0.25, -0.2) is 9.49 Å². The fourth-order valence-corrected chi connectivity index (χ4v) is 1.33. The van der Waals surface area contributed by atoms with Gasteiger partial charge < -0.3 is 4.74 Å². The minimum absolute atomic E-state index is 0.0246. The summed E-state index contributed by atoms with van der Waals surface area (Å²) in [6.07, 6.45) is 0. The van der Waals surface area contributed by atoms with Gasteiger partial charge in [-0.3, -0.25) is 0 Å². The molecule has 1 N–H and O–H groups in total. The van der Waals surface area contributed by atoms with E-state index < -0.39 is 22.6 Å². The zero-order valence-electron chi connectivity index (χ0n) is 8.49. The lowest BCUT2D eigenvalue weighted by Gasteiger charge is -2.11. The van der Waals surface area contributed by atoms with Crippen molar-refractivity contribution in [3.63, 3.8) is 0 Å². The number of methoxy groups -OCH3 is 1. The number of tetrazole rings is 1. The first-order valence-corrected chi connectivity index (χ1v) is 4.37. The Morgan fingerprint density at radius 3 is 2.65 bits per heavy atom. The Morgan fingerprint density at radius 2 is 2.12 bits per heavy atom. The topological polar surface area (TPSA) is 66.9 Å². The van der Waals surface area contributed by atoms with Crippen LogP contribution in [0, 0.1) is 5.82 Å². The van der Waals surface area contributed by atoms with Crippen LogP contribution < -0.4 is 10.1 Å². The van der Waals surface area contributed by atoms with Crippen LogP contribution in [-0.4, -0.2) is 27.7 Å². The summed E-state index contributed by atoms with van der Waals surface area (Å²) in [5.74, 6) is -1.52. The van der Waals surface area contributed by atoms with Crippen LogP contribution in [0.2, 0.25) is 0 Å². The molecule has 0 unspecified atom stereocenters. The van der Waals surface area contributed by atoms with Crippen molar-refractivity contribution in [1.29, 1.82) is 0 Å². The van der Waals surface area contributed by atoms with Gasteiger partial charge in [-0.2, -0.15) is 0 Å². The molecule has 0 atom stereocenters. The number of hydrogen-bond donors (Lipinski definition) is 1. The van der Waals surface area contributed by atoms with Crippen molar-refractivity contribution < 1.29 is 18.1 Å². The molecule has 2 aromatic rings. The third-order valence-electron chi connectivity index (χ3n) is 2.06. The van der Waals surface area contributed by atoms with Crippen LogP contribution in [0.3, 0.4) is 0 Å². The Kier molecular flexibility index (Phi) is 2.81. The van der Waals surface area contributed by atoms with E-state index in [2.05, 4.69) is 25.4 Å². The summed E-state index contributed by atoms with van der Waals surface area (Å²) in [4.78, 5) is 0. The summed E-state index contributed by atoms with van der Waals surface area (Å²) >= 11 is 0. The normalized spacial score (nSPS) is 10.4. The monoisotopic (exact) mass is 245 g/mol. The van der Waals surface area contributed by atoms with E-state index in [-0.39, 0.29) is 11.4 Å². The summed E-state index contributed by atoms with van der Waals surface area (Å²) in [6, 6.07) is 2.13. The van der Waals surface area contributed by atoms with Gasteiger partial charge in [-0.1, -0.05) is 8.96 Å². The van der Waals surface area contributed by atoms with Gasteiger partial charge in [0.2, 0.25) is 0 Å². The maximum Gasteiger partial charge on any atom is 0.184 e. The number of aromatic amines is 1. The van der Waals surface area contributed by atoms with Gasteiger partial charge in [0.05, 0.1) is 12.7 Å². The number of nitrogens with one attached hydrogen (secondary N) is 1. The van der Waals surface area contributed by atoms with Crippen molar-refractivity contribution in [3.8, 4) is 17.1 Å². The van der Waals surface area contributed by atoms with Crippen molar-refractivity contribution in [3.05, 3.63) is 17.9 Å². The van der Waals surface area contributed by atoms with E-state index in [1.807, 2.05) is 0 Å². The van der Waals surface area contributed by atoms with Gasteiger partial charge in [0.25, 0.3) is 0 Å². The van der Waals surface area contributed by atoms with E-state index in [0.29, 0.717) is 0 Å². The number of nitrogens with zero attached hydrogens (tertiary/aromatic N) is 4. The standard InChI is InChI=1S/C8H6F3N5O/c1-17-7-5(16(10)11)3-2-4(6(7)9)8-12-14-15-13-8/h2-3H,1H3,(H,12,13,14,15). The van der Waals surface area contributed by atoms with Gasteiger partial charge in [-0.05, 0) is 27.9 Å². The first-order valence-electron chi connectivity index (χ1n) is 4.37. The van der Waals surface area contributed by atoms with Gasteiger partial charge in [-0.15, -0.1) is 5.10 Å². The first-order chi connectivity index (χ1) is 8.15. The lowest BCUT2D eigenvalue weighted by Crippen LogP contribution is -2.02. The molecule has 6 nitrogen and oxygen atoms in total. The number of H-pyrrole nitrogens is 1. The molecule has 0 aliphatic carbocycles. The molecule has 17 heavy (non-hydrogen) atoms. The highest BCUT2D eigenvalue weighted by molar-refractivity contribution is 5.67. The van der Waals surface area contributed by atoms with Gasteiger partial charge >= 0.3 is 0 Å². The Labute approximate surface area is 92.9 Å². The molecule has 0 amide bonds. The molecule has 0 spiro atoms. The average molecular weight is 245 g/mol. The smallest absolute Gasteiger partial charge is 0.184 e. The zero-order chi connectivity index (χ0) is 12.4. The molecular weight excluding hydrogens is 239 g/mol. The number of halogens is 3. The minimum atomic E-state index is -1.23. The molecule has 0 saturated carbocycles. The van der Waals surface area contributed by atoms with Crippen LogP contribution in [0.4, 0.5) is 19.0 Å². The van der Waals surface area contributed by atoms with Crippen molar-refractivity contribution >= 4 is 5.69 Å². The highest BCUT2D eigenvalue weighted by atomic mass is 19.4. The molecule has 1 heterocycles. The SMILES string of the molecule is COc1c(N(F)F)ccc(-c2nnn[nH]2)c1F. The van der Waals surface area contributed by atoms with Gasteiger partial charge in [0.1, 0.15) is 0 Å². The molecule has 0 aliphatic rings. The van der Waals surface area contributed by atoms with E-state index in [9.17, 15) is 13.4 Å². The minimum Gasteiger partial charge on any atom is -0.491 e. The second kappa shape index (κ2) is 4.28. The second-order valence-corrected chi connectivity index (χ2v) is 2.96. The van der Waals surface area contributed by atoms with E-state index in [0.717, 1.165) is 19.2 Å². The van der Waals surface area contributed by atoms with Crippen LogP contribution >= 0.6 is 0 Å². The van der Waals surface area contributed by atoms with Gasteiger partial charge in [0.15, 0.2) is 23.1 Å². The molecule has 1 aromatic heterocycles. The summed E-state index contributed by atoms with van der Waals surface area (Å²) in [7, 11) is 1.09. The second-order valence-electron chi connectivity index (χ2n) is 2.96. The summed E-state index contributed by atoms with van der Waals surface area (Å²) in [6.45, 7) is 0. The maximum atomic E-state index is 13.9. The molecular formula is C8H6F3N5O.